The zero-order chi connectivity index (χ0) is 27.6. The predicted octanol–water partition coefficient (Wildman–Crippen LogP) is 4.37. The number of esters is 2. The van der Waals surface area contributed by atoms with Gasteiger partial charge in [0.05, 0.1) is 13.0 Å². The Morgan fingerprint density at radius 1 is 1.10 bits per heavy atom. The number of hydrogen-bond acceptors (Lipinski definition) is 9. The zero-order valence-electron chi connectivity index (χ0n) is 21.1. The zero-order valence-corrected chi connectivity index (χ0v) is 21.1. The Bertz CT molecular complexity index is 1350. The molecule has 2 aromatic carbocycles. The van der Waals surface area contributed by atoms with Crippen LogP contribution in [0, 0.1) is 6.92 Å². The van der Waals surface area contributed by atoms with Crippen LogP contribution in [-0.4, -0.2) is 59.4 Å². The molecule has 0 amide bonds. The number of likely N-dealkylation sites (tertiary alicyclic amines) is 1. The van der Waals surface area contributed by atoms with Crippen molar-refractivity contribution in [2.45, 2.75) is 44.4 Å². The number of alkyl halides is 3. The number of piperidine rings is 1. The smallest absolute Gasteiger partial charge is 0.491 e. The molecular formula is C27H26F3N3O6. The van der Waals surface area contributed by atoms with Crippen molar-refractivity contribution in [1.82, 2.24) is 15.0 Å². The lowest BCUT2D eigenvalue weighted by atomic mass is 9.74. The van der Waals surface area contributed by atoms with Crippen LogP contribution in [0.5, 0.6) is 11.5 Å². The van der Waals surface area contributed by atoms with Gasteiger partial charge in [0.25, 0.3) is 0 Å². The highest BCUT2D eigenvalue weighted by Crippen LogP contribution is 2.46. The molecule has 0 atom stereocenters. The Labute approximate surface area is 221 Å². The van der Waals surface area contributed by atoms with E-state index in [-0.39, 0.29) is 18.4 Å². The lowest BCUT2D eigenvalue weighted by Gasteiger charge is -2.38. The first-order valence-corrected chi connectivity index (χ1v) is 12.5. The Morgan fingerprint density at radius 2 is 1.85 bits per heavy atom. The average Bonchev–Trinajstić information content (AvgIpc) is 3.50. The number of halogens is 3. The second-order valence-electron chi connectivity index (χ2n) is 9.70. The van der Waals surface area contributed by atoms with Gasteiger partial charge in [-0.15, -0.1) is 0 Å². The number of fused-ring (bicyclic) bond motifs is 2. The first-order valence-electron chi connectivity index (χ1n) is 12.5. The maximum absolute atomic E-state index is 12.2. The summed E-state index contributed by atoms with van der Waals surface area (Å²) >= 11 is 0. The summed E-state index contributed by atoms with van der Waals surface area (Å²) in [6.45, 7) is 4.14. The minimum atomic E-state index is -5.18. The standard InChI is InChI=1S/C27H26F3N3O6/c1-17-31-24(32-39-17)19-4-2-18(3-5-19)15-36-20-6-7-21-22(14-20)37-16-26(21)9-12-33(13-10-26)11-8-23(34)38-25(35)27(28,29)30/h2-7,14H,8-13,15-16H2,1H3. The van der Waals surface area contributed by atoms with Crippen molar-refractivity contribution in [1.29, 1.82) is 0 Å². The summed E-state index contributed by atoms with van der Waals surface area (Å²) in [6.07, 6.45) is -3.94. The van der Waals surface area contributed by atoms with Gasteiger partial charge in [-0.05, 0) is 37.6 Å². The van der Waals surface area contributed by atoms with E-state index in [1.165, 1.54) is 0 Å². The van der Waals surface area contributed by atoms with Crippen LogP contribution in [-0.2, 0) is 26.3 Å². The van der Waals surface area contributed by atoms with Crippen molar-refractivity contribution in [3.63, 3.8) is 0 Å². The van der Waals surface area contributed by atoms with Gasteiger partial charge in [0.1, 0.15) is 18.1 Å². The second-order valence-corrected chi connectivity index (χ2v) is 9.70. The van der Waals surface area contributed by atoms with E-state index in [1.807, 2.05) is 47.4 Å². The van der Waals surface area contributed by atoms with Gasteiger partial charge in [0.2, 0.25) is 11.7 Å². The molecule has 1 fully saturated rings. The van der Waals surface area contributed by atoms with Crippen LogP contribution in [0.15, 0.2) is 47.0 Å². The normalized spacial score (nSPS) is 16.5. The van der Waals surface area contributed by atoms with Crippen LogP contribution >= 0.6 is 0 Å². The number of carbonyl (C=O) groups excluding carboxylic acids is 2. The summed E-state index contributed by atoms with van der Waals surface area (Å²) in [6, 6.07) is 13.6. The van der Waals surface area contributed by atoms with Crippen molar-refractivity contribution in [2.75, 3.05) is 26.2 Å². The molecule has 2 aliphatic heterocycles. The maximum Gasteiger partial charge on any atom is 0.491 e. The highest BCUT2D eigenvalue weighted by Gasteiger charge is 2.44. The summed E-state index contributed by atoms with van der Waals surface area (Å²) in [4.78, 5) is 28.6. The summed E-state index contributed by atoms with van der Waals surface area (Å²) in [5, 5.41) is 3.92. The van der Waals surface area contributed by atoms with E-state index in [4.69, 9.17) is 14.0 Å². The number of hydrogen-bond donors (Lipinski definition) is 0. The van der Waals surface area contributed by atoms with Gasteiger partial charge in [-0.2, -0.15) is 18.2 Å². The Hall–Kier alpha value is -3.93. The molecule has 0 radical (unpaired) electrons. The van der Waals surface area contributed by atoms with Crippen molar-refractivity contribution in [3.8, 4) is 22.9 Å². The average molecular weight is 546 g/mol. The fourth-order valence-corrected chi connectivity index (χ4v) is 4.86. The first-order chi connectivity index (χ1) is 18.6. The molecule has 206 valence electrons. The molecule has 1 saturated heterocycles. The van der Waals surface area contributed by atoms with Crippen LogP contribution < -0.4 is 9.47 Å². The second kappa shape index (κ2) is 10.7. The van der Waals surface area contributed by atoms with E-state index < -0.39 is 18.1 Å². The Balaban J connectivity index is 1.12. The molecule has 0 aliphatic carbocycles. The van der Waals surface area contributed by atoms with E-state index >= 15 is 0 Å². The third-order valence-corrected chi connectivity index (χ3v) is 7.06. The first kappa shape index (κ1) is 26.7. The quantitative estimate of drug-likeness (QED) is 0.316. The highest BCUT2D eigenvalue weighted by molar-refractivity contribution is 5.88. The molecule has 3 heterocycles. The Kier molecular flexibility index (Phi) is 7.30. The van der Waals surface area contributed by atoms with Gasteiger partial charge in [-0.1, -0.05) is 35.5 Å². The van der Waals surface area contributed by atoms with Crippen molar-refractivity contribution in [3.05, 3.63) is 59.5 Å². The SMILES string of the molecule is Cc1nc(-c2ccc(COc3ccc4c(c3)OCC43CCN(CCC(=O)OC(=O)C(F)(F)F)CC3)cc2)no1. The van der Waals surface area contributed by atoms with Gasteiger partial charge >= 0.3 is 18.1 Å². The van der Waals surface area contributed by atoms with Gasteiger partial charge in [0.15, 0.2) is 0 Å². The number of nitrogens with zero attached hydrogens (tertiary/aromatic N) is 3. The molecule has 1 aromatic heterocycles. The topological polar surface area (TPSA) is 104 Å². The van der Waals surface area contributed by atoms with E-state index in [1.54, 1.807) is 6.92 Å². The molecule has 5 rings (SSSR count). The van der Waals surface area contributed by atoms with Crippen LogP contribution in [0.4, 0.5) is 13.2 Å². The molecular weight excluding hydrogens is 519 g/mol. The lowest BCUT2D eigenvalue weighted by Crippen LogP contribution is -2.44. The fraction of sp³-hybridized carbons (Fsp3) is 0.407. The largest absolute Gasteiger partial charge is 0.492 e. The number of ether oxygens (including phenoxy) is 3. The number of aromatic nitrogens is 2. The van der Waals surface area contributed by atoms with E-state index in [9.17, 15) is 22.8 Å². The number of carbonyl (C=O) groups is 2. The summed E-state index contributed by atoms with van der Waals surface area (Å²) in [7, 11) is 0. The van der Waals surface area contributed by atoms with Gasteiger partial charge < -0.3 is 23.6 Å². The van der Waals surface area contributed by atoms with Crippen molar-refractivity contribution < 1.29 is 41.5 Å². The van der Waals surface area contributed by atoms with E-state index in [0.717, 1.165) is 35.3 Å². The molecule has 3 aromatic rings. The van der Waals surface area contributed by atoms with Gasteiger partial charge in [-0.3, -0.25) is 4.79 Å². The predicted molar refractivity (Wildman–Crippen MR) is 130 cm³/mol. The number of aryl methyl sites for hydroxylation is 1. The lowest BCUT2D eigenvalue weighted by molar-refractivity contribution is -0.201. The fourth-order valence-electron chi connectivity index (χ4n) is 4.86. The molecule has 9 nitrogen and oxygen atoms in total. The summed E-state index contributed by atoms with van der Waals surface area (Å²) in [5.74, 6) is -1.16. The van der Waals surface area contributed by atoms with Gasteiger partial charge in [-0.25, -0.2) is 4.79 Å². The maximum atomic E-state index is 12.2. The summed E-state index contributed by atoms with van der Waals surface area (Å²) < 4.78 is 57.6. The molecule has 12 heteroatoms. The van der Waals surface area contributed by atoms with E-state index in [2.05, 4.69) is 14.9 Å². The third kappa shape index (κ3) is 6.06. The van der Waals surface area contributed by atoms with Crippen LogP contribution in [0.25, 0.3) is 11.4 Å². The monoisotopic (exact) mass is 545 g/mol. The highest BCUT2D eigenvalue weighted by atomic mass is 19.4. The minimum Gasteiger partial charge on any atom is -0.492 e. The molecule has 0 unspecified atom stereocenters. The molecule has 0 bridgehead atoms. The van der Waals surface area contributed by atoms with Gasteiger partial charge in [0, 0.05) is 36.1 Å². The minimum absolute atomic E-state index is 0.166. The van der Waals surface area contributed by atoms with Crippen molar-refractivity contribution >= 4 is 11.9 Å². The molecule has 1 spiro atoms. The molecule has 2 aliphatic rings. The molecule has 39 heavy (non-hydrogen) atoms. The van der Waals surface area contributed by atoms with Crippen LogP contribution in [0.1, 0.15) is 36.3 Å². The van der Waals surface area contributed by atoms with Crippen LogP contribution in [0.3, 0.4) is 0 Å². The number of benzene rings is 2. The van der Waals surface area contributed by atoms with E-state index in [0.29, 0.717) is 43.8 Å². The Morgan fingerprint density at radius 3 is 2.51 bits per heavy atom. The molecule has 0 saturated carbocycles. The third-order valence-electron chi connectivity index (χ3n) is 7.06. The van der Waals surface area contributed by atoms with Crippen LogP contribution in [0.2, 0.25) is 0 Å². The summed E-state index contributed by atoms with van der Waals surface area (Å²) in [5.41, 5.74) is 2.77. The van der Waals surface area contributed by atoms with Crippen molar-refractivity contribution in [2.24, 2.45) is 0 Å². The molecule has 0 N–H and O–H groups in total. The number of rotatable bonds is 7.